The van der Waals surface area contributed by atoms with E-state index >= 15 is 0 Å². The maximum atomic E-state index is 12.2. The van der Waals surface area contributed by atoms with Crippen LogP contribution in [0.5, 0.6) is 0 Å². The molecule has 2 rings (SSSR count). The smallest absolute Gasteiger partial charge is 0.224 e. The SMILES string of the molecule is Cc1nn(C)cc1CCC(=O)Nc1ccccc1C(C)(C)C. The molecule has 0 radical (unpaired) electrons. The van der Waals surface area contributed by atoms with Crippen molar-refractivity contribution in [1.82, 2.24) is 9.78 Å². The van der Waals surface area contributed by atoms with Gasteiger partial charge in [-0.25, -0.2) is 0 Å². The Bertz CT molecular complexity index is 665. The maximum absolute atomic E-state index is 12.2. The van der Waals surface area contributed by atoms with Gasteiger partial charge in [-0.1, -0.05) is 39.0 Å². The highest BCUT2D eigenvalue weighted by Gasteiger charge is 2.18. The Balaban J connectivity index is 2.02. The molecule has 1 amide bonds. The van der Waals surface area contributed by atoms with Gasteiger partial charge < -0.3 is 5.32 Å². The van der Waals surface area contributed by atoms with Crippen LogP contribution in [0.15, 0.2) is 30.5 Å². The fourth-order valence-corrected chi connectivity index (χ4v) is 2.60. The Kier molecular flexibility index (Phi) is 4.69. The summed E-state index contributed by atoms with van der Waals surface area (Å²) in [6, 6.07) is 8.00. The zero-order valence-electron chi connectivity index (χ0n) is 14.1. The summed E-state index contributed by atoms with van der Waals surface area (Å²) in [7, 11) is 1.90. The minimum absolute atomic E-state index is 0.00378. The number of rotatable bonds is 4. The molecule has 1 N–H and O–H groups in total. The van der Waals surface area contributed by atoms with Crippen LogP contribution in [0.4, 0.5) is 5.69 Å². The molecule has 0 bridgehead atoms. The summed E-state index contributed by atoms with van der Waals surface area (Å²) in [5.74, 6) is 0.0416. The molecule has 0 saturated heterocycles. The largest absolute Gasteiger partial charge is 0.326 e. The van der Waals surface area contributed by atoms with Crippen molar-refractivity contribution in [3.05, 3.63) is 47.3 Å². The number of nitrogens with zero attached hydrogens (tertiary/aromatic N) is 2. The van der Waals surface area contributed by atoms with Gasteiger partial charge >= 0.3 is 0 Å². The molecule has 1 aromatic heterocycles. The highest BCUT2D eigenvalue weighted by atomic mass is 16.1. The second kappa shape index (κ2) is 6.34. The molecule has 0 aliphatic rings. The van der Waals surface area contributed by atoms with Gasteiger partial charge in [0.15, 0.2) is 0 Å². The Hall–Kier alpha value is -2.10. The lowest BCUT2D eigenvalue weighted by Crippen LogP contribution is -2.18. The van der Waals surface area contributed by atoms with Gasteiger partial charge in [0, 0.05) is 25.4 Å². The van der Waals surface area contributed by atoms with Crippen molar-refractivity contribution in [3.63, 3.8) is 0 Å². The lowest BCUT2D eigenvalue weighted by molar-refractivity contribution is -0.116. The van der Waals surface area contributed by atoms with E-state index in [-0.39, 0.29) is 11.3 Å². The number of aromatic nitrogens is 2. The molecule has 0 aliphatic heterocycles. The predicted octanol–water partition coefficient (Wildman–Crippen LogP) is 3.60. The predicted molar refractivity (Wildman–Crippen MR) is 90.0 cm³/mol. The fraction of sp³-hybridized carbons (Fsp3) is 0.444. The van der Waals surface area contributed by atoms with E-state index in [0.717, 1.165) is 22.5 Å². The maximum Gasteiger partial charge on any atom is 0.224 e. The van der Waals surface area contributed by atoms with Crippen LogP contribution in [0.2, 0.25) is 0 Å². The number of aryl methyl sites for hydroxylation is 3. The van der Waals surface area contributed by atoms with Gasteiger partial charge in [0.1, 0.15) is 0 Å². The highest BCUT2D eigenvalue weighted by molar-refractivity contribution is 5.91. The van der Waals surface area contributed by atoms with Crippen LogP contribution < -0.4 is 5.32 Å². The first kappa shape index (κ1) is 16.3. The number of benzene rings is 1. The van der Waals surface area contributed by atoms with Crippen molar-refractivity contribution in [3.8, 4) is 0 Å². The first-order valence-corrected chi connectivity index (χ1v) is 7.66. The van der Waals surface area contributed by atoms with E-state index in [1.807, 2.05) is 38.4 Å². The number of carbonyl (C=O) groups is 1. The third kappa shape index (κ3) is 3.97. The minimum Gasteiger partial charge on any atom is -0.326 e. The van der Waals surface area contributed by atoms with E-state index in [9.17, 15) is 4.79 Å². The topological polar surface area (TPSA) is 46.9 Å². The number of nitrogens with one attached hydrogen (secondary N) is 1. The Morgan fingerprint density at radius 2 is 1.95 bits per heavy atom. The summed E-state index contributed by atoms with van der Waals surface area (Å²) in [5.41, 5.74) is 4.18. The molecule has 0 spiro atoms. The van der Waals surface area contributed by atoms with Gasteiger partial charge in [0.2, 0.25) is 5.91 Å². The molecule has 22 heavy (non-hydrogen) atoms. The summed E-state index contributed by atoms with van der Waals surface area (Å²) in [5, 5.41) is 7.35. The molecule has 2 aromatic rings. The number of anilines is 1. The summed E-state index contributed by atoms with van der Waals surface area (Å²) in [6.45, 7) is 8.42. The first-order valence-electron chi connectivity index (χ1n) is 7.66. The molecule has 0 fully saturated rings. The normalized spacial score (nSPS) is 11.5. The molecule has 1 aromatic carbocycles. The summed E-state index contributed by atoms with van der Waals surface area (Å²) < 4.78 is 1.79. The monoisotopic (exact) mass is 299 g/mol. The van der Waals surface area contributed by atoms with Crippen molar-refractivity contribution in [2.75, 3.05) is 5.32 Å². The summed E-state index contributed by atoms with van der Waals surface area (Å²) in [6.07, 6.45) is 3.15. The Morgan fingerprint density at radius 3 is 2.55 bits per heavy atom. The molecule has 0 unspecified atom stereocenters. The van der Waals surface area contributed by atoms with Crippen molar-refractivity contribution in [2.24, 2.45) is 7.05 Å². The second-order valence-corrected chi connectivity index (χ2v) is 6.76. The minimum atomic E-state index is 0.00378. The quantitative estimate of drug-likeness (QED) is 0.937. The van der Waals surface area contributed by atoms with Gasteiger partial charge in [-0.15, -0.1) is 0 Å². The fourth-order valence-electron chi connectivity index (χ4n) is 2.60. The third-order valence-electron chi connectivity index (χ3n) is 3.75. The standard InChI is InChI=1S/C18H25N3O/c1-13-14(12-21(5)20-13)10-11-17(22)19-16-9-7-6-8-15(16)18(2,3)4/h6-9,12H,10-11H2,1-5H3,(H,19,22). The van der Waals surface area contributed by atoms with E-state index < -0.39 is 0 Å². The van der Waals surface area contributed by atoms with E-state index in [1.54, 1.807) is 4.68 Å². The van der Waals surface area contributed by atoms with E-state index in [0.29, 0.717) is 12.8 Å². The van der Waals surface area contributed by atoms with E-state index in [2.05, 4.69) is 37.3 Å². The van der Waals surface area contributed by atoms with Crippen molar-refractivity contribution >= 4 is 11.6 Å². The number of carbonyl (C=O) groups excluding carboxylic acids is 1. The van der Waals surface area contributed by atoms with Crippen LogP contribution in [0.25, 0.3) is 0 Å². The zero-order chi connectivity index (χ0) is 16.3. The van der Waals surface area contributed by atoms with Crippen LogP contribution in [-0.4, -0.2) is 15.7 Å². The molecular formula is C18H25N3O. The molecule has 0 atom stereocenters. The van der Waals surface area contributed by atoms with Crippen molar-refractivity contribution in [1.29, 1.82) is 0 Å². The summed E-state index contributed by atoms with van der Waals surface area (Å²) in [4.78, 5) is 12.2. The molecule has 4 heteroatoms. The van der Waals surface area contributed by atoms with E-state index in [1.165, 1.54) is 0 Å². The second-order valence-electron chi connectivity index (χ2n) is 6.76. The van der Waals surface area contributed by atoms with Gasteiger partial charge in [0.05, 0.1) is 5.69 Å². The number of hydrogen-bond acceptors (Lipinski definition) is 2. The van der Waals surface area contributed by atoms with E-state index in [4.69, 9.17) is 0 Å². The number of para-hydroxylation sites is 1. The molecule has 118 valence electrons. The lowest BCUT2D eigenvalue weighted by Gasteiger charge is -2.23. The molecule has 1 heterocycles. The Morgan fingerprint density at radius 1 is 1.27 bits per heavy atom. The molecule has 4 nitrogen and oxygen atoms in total. The first-order chi connectivity index (χ1) is 10.3. The van der Waals surface area contributed by atoms with Gasteiger partial charge in [-0.05, 0) is 36.0 Å². The lowest BCUT2D eigenvalue weighted by atomic mass is 9.86. The van der Waals surface area contributed by atoms with Gasteiger partial charge in [-0.2, -0.15) is 5.10 Å². The highest BCUT2D eigenvalue weighted by Crippen LogP contribution is 2.29. The average molecular weight is 299 g/mol. The number of hydrogen-bond donors (Lipinski definition) is 1. The molecular weight excluding hydrogens is 274 g/mol. The summed E-state index contributed by atoms with van der Waals surface area (Å²) >= 11 is 0. The zero-order valence-corrected chi connectivity index (χ0v) is 14.1. The van der Waals surface area contributed by atoms with Gasteiger partial charge in [-0.3, -0.25) is 9.48 Å². The van der Waals surface area contributed by atoms with Gasteiger partial charge in [0.25, 0.3) is 0 Å². The van der Waals surface area contributed by atoms with Crippen molar-refractivity contribution in [2.45, 2.75) is 46.0 Å². The molecule has 0 aliphatic carbocycles. The third-order valence-corrected chi connectivity index (χ3v) is 3.75. The number of amides is 1. The average Bonchev–Trinajstić information content (AvgIpc) is 2.74. The van der Waals surface area contributed by atoms with Crippen LogP contribution in [0.1, 0.15) is 44.0 Å². The Labute approximate surface area is 132 Å². The van der Waals surface area contributed by atoms with Crippen molar-refractivity contribution < 1.29 is 4.79 Å². The molecule has 0 saturated carbocycles. The van der Waals surface area contributed by atoms with Crippen LogP contribution in [-0.2, 0) is 23.7 Å². The van der Waals surface area contributed by atoms with Crippen LogP contribution in [0.3, 0.4) is 0 Å². The van der Waals surface area contributed by atoms with Crippen LogP contribution >= 0.6 is 0 Å². The van der Waals surface area contributed by atoms with Crippen LogP contribution in [0, 0.1) is 6.92 Å².